The molecule has 2 aromatic heterocycles. The van der Waals surface area contributed by atoms with Crippen LogP contribution in [-0.4, -0.2) is 26.8 Å². The Kier molecular flexibility index (Phi) is 7.08. The van der Waals surface area contributed by atoms with Crippen LogP contribution in [-0.2, 0) is 19.6 Å². The van der Waals surface area contributed by atoms with Crippen molar-refractivity contribution in [2.24, 2.45) is 0 Å². The molecule has 0 bridgehead atoms. The molecule has 6 nitrogen and oxygen atoms in total. The summed E-state index contributed by atoms with van der Waals surface area (Å²) in [5.74, 6) is -0.110. The average molecular weight is 396 g/mol. The number of hydrogen-bond donors (Lipinski definition) is 1. The third-order valence-corrected chi connectivity index (χ3v) is 4.87. The lowest BCUT2D eigenvalue weighted by molar-refractivity contribution is 0.0945. The molecule has 1 unspecified atom stereocenters. The molecule has 0 fully saturated rings. The van der Waals surface area contributed by atoms with Crippen LogP contribution in [0, 0.1) is 5.82 Å². The molecule has 2 heterocycles. The molecule has 7 heteroatoms. The summed E-state index contributed by atoms with van der Waals surface area (Å²) < 4.78 is 19.6. The van der Waals surface area contributed by atoms with Crippen molar-refractivity contribution >= 4 is 5.91 Å². The maximum Gasteiger partial charge on any atom is 0.273 e. The van der Waals surface area contributed by atoms with Gasteiger partial charge in [0.1, 0.15) is 12.1 Å². The second kappa shape index (κ2) is 9.93. The number of carbonyl (C=O) groups is 1. The Labute approximate surface area is 169 Å². The molecule has 0 spiro atoms. The van der Waals surface area contributed by atoms with Gasteiger partial charge in [0.05, 0.1) is 6.54 Å². The van der Waals surface area contributed by atoms with Gasteiger partial charge in [-0.2, -0.15) is 0 Å². The van der Waals surface area contributed by atoms with Gasteiger partial charge in [0.15, 0.2) is 5.69 Å². The van der Waals surface area contributed by atoms with E-state index in [1.165, 1.54) is 12.3 Å². The molecule has 3 aromatic rings. The Bertz CT molecular complexity index is 929. The molecule has 0 saturated carbocycles. The molecule has 152 valence electrons. The highest BCUT2D eigenvalue weighted by Gasteiger charge is 2.19. The molecule has 0 aliphatic rings. The molecule has 3 rings (SSSR count). The maximum atomic E-state index is 14.1. The van der Waals surface area contributed by atoms with E-state index in [2.05, 4.69) is 34.0 Å². The number of nitrogens with zero attached hydrogens (tertiary/aromatic N) is 3. The first-order chi connectivity index (χ1) is 14.1. The van der Waals surface area contributed by atoms with Gasteiger partial charge >= 0.3 is 0 Å². The number of amides is 1. The lowest BCUT2D eigenvalue weighted by Gasteiger charge is -2.27. The average Bonchev–Trinajstić information content (AvgIpc) is 3.22. The summed E-state index contributed by atoms with van der Waals surface area (Å²) in [7, 11) is 0. The van der Waals surface area contributed by atoms with Crippen molar-refractivity contribution in [1.29, 1.82) is 0 Å². The molecule has 29 heavy (non-hydrogen) atoms. The highest BCUT2D eigenvalue weighted by Crippen LogP contribution is 2.17. The van der Waals surface area contributed by atoms with Crippen molar-refractivity contribution in [3.05, 3.63) is 83.6 Å². The number of benzene rings is 1. The first-order valence-corrected chi connectivity index (χ1v) is 9.65. The smallest absolute Gasteiger partial charge is 0.273 e. The summed E-state index contributed by atoms with van der Waals surface area (Å²) in [6.45, 7) is 5.36. The van der Waals surface area contributed by atoms with Gasteiger partial charge in [-0.15, -0.1) is 0 Å². The lowest BCUT2D eigenvalue weighted by Crippen LogP contribution is -2.32. The number of rotatable bonds is 9. The summed E-state index contributed by atoms with van der Waals surface area (Å²) in [5, 5.41) is 2.81. The summed E-state index contributed by atoms with van der Waals surface area (Å²) in [4.78, 5) is 22.7. The van der Waals surface area contributed by atoms with E-state index in [1.807, 2.05) is 18.2 Å². The van der Waals surface area contributed by atoms with Crippen molar-refractivity contribution in [2.45, 2.75) is 45.9 Å². The van der Waals surface area contributed by atoms with Crippen LogP contribution in [0.5, 0.6) is 0 Å². The minimum absolute atomic E-state index is 0.200. The number of carbonyl (C=O) groups excluding carboxylic acids is 1. The highest BCUT2D eigenvalue weighted by molar-refractivity contribution is 5.91. The third-order valence-electron chi connectivity index (χ3n) is 4.87. The van der Waals surface area contributed by atoms with Crippen molar-refractivity contribution < 1.29 is 13.6 Å². The van der Waals surface area contributed by atoms with Gasteiger partial charge in [-0.05, 0) is 37.1 Å². The number of hydrogen-bond acceptors (Lipinski definition) is 5. The molecule has 0 saturated heterocycles. The summed E-state index contributed by atoms with van der Waals surface area (Å²) in [6, 6.07) is 10.6. The number of pyridine rings is 1. The predicted octanol–water partition coefficient (Wildman–Crippen LogP) is 3.94. The lowest BCUT2D eigenvalue weighted by atomic mass is 10.1. The monoisotopic (exact) mass is 396 g/mol. The van der Waals surface area contributed by atoms with Gasteiger partial charge in [0.25, 0.3) is 5.91 Å². The third kappa shape index (κ3) is 5.71. The van der Waals surface area contributed by atoms with Gasteiger partial charge in [-0.1, -0.05) is 25.1 Å². The van der Waals surface area contributed by atoms with Crippen LogP contribution >= 0.6 is 0 Å². The Balaban J connectivity index is 1.64. The minimum atomic E-state index is -0.305. The molecule has 0 aliphatic carbocycles. The Hall–Kier alpha value is -3.06. The van der Waals surface area contributed by atoms with Crippen LogP contribution in [0.1, 0.15) is 47.8 Å². The standard InChI is InChI=1S/C22H25FN4O2/c1-3-16(2)27(13-18-6-4-5-7-19(18)23)14-21-26-20(15-29-21)22(28)25-12-17-8-10-24-11-9-17/h4-11,15-16H,3,12-14H2,1-2H3,(H,25,28). The number of nitrogens with one attached hydrogen (secondary N) is 1. The molecule has 1 N–H and O–H groups in total. The van der Waals surface area contributed by atoms with Crippen LogP contribution in [0.4, 0.5) is 4.39 Å². The zero-order chi connectivity index (χ0) is 20.6. The van der Waals surface area contributed by atoms with E-state index in [1.54, 1.807) is 24.5 Å². The topological polar surface area (TPSA) is 71.3 Å². The molecular weight excluding hydrogens is 371 g/mol. The normalized spacial score (nSPS) is 12.1. The SMILES string of the molecule is CCC(C)N(Cc1nc(C(=O)NCc2ccncc2)co1)Cc1ccccc1F. The van der Waals surface area contributed by atoms with Crippen LogP contribution in [0.15, 0.2) is 59.5 Å². The quantitative estimate of drug-likeness (QED) is 0.593. The minimum Gasteiger partial charge on any atom is -0.447 e. The van der Waals surface area contributed by atoms with E-state index in [0.29, 0.717) is 31.1 Å². The predicted molar refractivity (Wildman–Crippen MR) is 107 cm³/mol. The van der Waals surface area contributed by atoms with E-state index in [-0.39, 0.29) is 23.5 Å². The van der Waals surface area contributed by atoms with E-state index in [9.17, 15) is 9.18 Å². The number of aromatic nitrogens is 2. The van der Waals surface area contributed by atoms with Gasteiger partial charge < -0.3 is 9.73 Å². The van der Waals surface area contributed by atoms with Crippen molar-refractivity contribution in [2.75, 3.05) is 0 Å². The van der Waals surface area contributed by atoms with Gasteiger partial charge in [-0.25, -0.2) is 9.37 Å². The van der Waals surface area contributed by atoms with Crippen LogP contribution in [0.3, 0.4) is 0 Å². The van der Waals surface area contributed by atoms with E-state index in [4.69, 9.17) is 4.42 Å². The van der Waals surface area contributed by atoms with Gasteiger partial charge in [0.2, 0.25) is 5.89 Å². The fourth-order valence-electron chi connectivity index (χ4n) is 2.91. The molecule has 1 aromatic carbocycles. The summed E-state index contributed by atoms with van der Waals surface area (Å²) in [5.41, 5.74) is 1.80. The molecule has 0 aliphatic heterocycles. The fourth-order valence-corrected chi connectivity index (χ4v) is 2.91. The Morgan fingerprint density at radius 1 is 1.21 bits per heavy atom. The second-order valence-corrected chi connectivity index (χ2v) is 6.92. The van der Waals surface area contributed by atoms with Crippen molar-refractivity contribution in [3.63, 3.8) is 0 Å². The summed E-state index contributed by atoms with van der Waals surface area (Å²) >= 11 is 0. The molecular formula is C22H25FN4O2. The number of oxazole rings is 1. The first-order valence-electron chi connectivity index (χ1n) is 9.65. The van der Waals surface area contributed by atoms with E-state index in [0.717, 1.165) is 12.0 Å². The first kappa shape index (κ1) is 20.7. The Morgan fingerprint density at radius 3 is 2.69 bits per heavy atom. The van der Waals surface area contributed by atoms with Gasteiger partial charge in [0, 0.05) is 37.1 Å². The second-order valence-electron chi connectivity index (χ2n) is 6.92. The van der Waals surface area contributed by atoms with Crippen LogP contribution in [0.25, 0.3) is 0 Å². The van der Waals surface area contributed by atoms with E-state index >= 15 is 0 Å². The zero-order valence-corrected chi connectivity index (χ0v) is 16.6. The van der Waals surface area contributed by atoms with Crippen LogP contribution < -0.4 is 5.32 Å². The zero-order valence-electron chi connectivity index (χ0n) is 16.6. The number of halogens is 1. The summed E-state index contributed by atoms with van der Waals surface area (Å²) in [6.07, 6.45) is 5.60. The van der Waals surface area contributed by atoms with Gasteiger partial charge in [-0.3, -0.25) is 14.7 Å². The maximum absolute atomic E-state index is 14.1. The molecule has 1 amide bonds. The van der Waals surface area contributed by atoms with E-state index < -0.39 is 0 Å². The van der Waals surface area contributed by atoms with Crippen LogP contribution in [0.2, 0.25) is 0 Å². The van der Waals surface area contributed by atoms with Crippen molar-refractivity contribution in [1.82, 2.24) is 20.2 Å². The Morgan fingerprint density at radius 2 is 1.97 bits per heavy atom. The highest BCUT2D eigenvalue weighted by atomic mass is 19.1. The largest absolute Gasteiger partial charge is 0.447 e. The molecule has 1 atom stereocenters. The fraction of sp³-hybridized carbons (Fsp3) is 0.318. The molecule has 0 radical (unpaired) electrons. The van der Waals surface area contributed by atoms with Crippen molar-refractivity contribution in [3.8, 4) is 0 Å².